The number of nitrogens with two attached hydrogens (primary N) is 1. The second-order valence-corrected chi connectivity index (χ2v) is 10.4. The van der Waals surface area contributed by atoms with Crippen molar-refractivity contribution in [2.24, 2.45) is 5.73 Å². The molecule has 0 bridgehead atoms. The lowest BCUT2D eigenvalue weighted by Crippen LogP contribution is -2.50. The third-order valence-electron chi connectivity index (χ3n) is 5.99. The van der Waals surface area contributed by atoms with Gasteiger partial charge in [0.1, 0.15) is 11.4 Å². The Kier molecular flexibility index (Phi) is 7.79. The summed E-state index contributed by atoms with van der Waals surface area (Å²) in [6.45, 7) is 7.30. The summed E-state index contributed by atoms with van der Waals surface area (Å²) >= 11 is 0. The maximum absolute atomic E-state index is 15.1. The minimum Gasteiger partial charge on any atom is -0.444 e. The summed E-state index contributed by atoms with van der Waals surface area (Å²) in [6.07, 6.45) is 9.44. The molecule has 5 N–H and O–H groups in total. The van der Waals surface area contributed by atoms with Crippen LogP contribution in [-0.2, 0) is 4.74 Å². The lowest BCUT2D eigenvalue weighted by molar-refractivity contribution is 0.0488. The Hall–Kier alpha value is -4.22. The summed E-state index contributed by atoms with van der Waals surface area (Å²) in [7, 11) is 0. The SMILES string of the molecule is Cc1cnn(-c2cncc(Nc3nc(N[C@@H]4CCCC[C@@H]4NC(=O)OC(C)(C)C)c(F)cc3C(N)=O)c2)c1. The smallest absolute Gasteiger partial charge is 0.407 e. The number of hydrogen-bond acceptors (Lipinski definition) is 8. The van der Waals surface area contributed by atoms with E-state index in [-0.39, 0.29) is 29.3 Å². The van der Waals surface area contributed by atoms with Gasteiger partial charge in [-0.15, -0.1) is 0 Å². The molecule has 0 unspecified atom stereocenters. The number of anilines is 3. The number of carbonyl (C=O) groups excluding carboxylic acids is 2. The van der Waals surface area contributed by atoms with E-state index in [1.54, 1.807) is 50.1 Å². The highest BCUT2D eigenvalue weighted by atomic mass is 19.1. The molecule has 1 saturated carbocycles. The zero-order valence-electron chi connectivity index (χ0n) is 21.9. The largest absolute Gasteiger partial charge is 0.444 e. The Morgan fingerprint density at radius 1 is 1.11 bits per heavy atom. The fourth-order valence-electron chi connectivity index (χ4n) is 4.30. The zero-order valence-corrected chi connectivity index (χ0v) is 21.9. The van der Waals surface area contributed by atoms with Gasteiger partial charge in [-0.25, -0.2) is 18.9 Å². The quantitative estimate of drug-likeness (QED) is 0.359. The van der Waals surface area contributed by atoms with Crippen LogP contribution < -0.4 is 21.7 Å². The number of nitrogens with one attached hydrogen (secondary N) is 3. The van der Waals surface area contributed by atoms with E-state index >= 15 is 4.39 Å². The monoisotopic (exact) mass is 524 g/mol. The average molecular weight is 525 g/mol. The van der Waals surface area contributed by atoms with Crippen molar-refractivity contribution >= 4 is 29.3 Å². The molecule has 0 saturated heterocycles. The molecule has 2 amide bonds. The number of halogens is 1. The van der Waals surface area contributed by atoms with Crippen LogP contribution in [0.15, 0.2) is 36.9 Å². The topological polar surface area (TPSA) is 149 Å². The molecule has 38 heavy (non-hydrogen) atoms. The lowest BCUT2D eigenvalue weighted by atomic mass is 9.90. The second kappa shape index (κ2) is 11.0. The van der Waals surface area contributed by atoms with Gasteiger partial charge in [-0.1, -0.05) is 12.8 Å². The summed E-state index contributed by atoms with van der Waals surface area (Å²) in [4.78, 5) is 33.1. The lowest BCUT2D eigenvalue weighted by Gasteiger charge is -2.34. The molecule has 1 aliphatic rings. The van der Waals surface area contributed by atoms with E-state index in [0.717, 1.165) is 24.5 Å². The molecule has 0 aliphatic heterocycles. The van der Waals surface area contributed by atoms with Crippen LogP contribution in [0.1, 0.15) is 62.4 Å². The van der Waals surface area contributed by atoms with Gasteiger partial charge in [-0.2, -0.15) is 5.10 Å². The van der Waals surface area contributed by atoms with Crippen molar-refractivity contribution in [2.45, 2.75) is 71.1 Å². The van der Waals surface area contributed by atoms with E-state index in [2.05, 4.69) is 31.0 Å². The number of amides is 2. The molecular formula is C26H33FN8O3. The van der Waals surface area contributed by atoms with Crippen LogP contribution in [0.25, 0.3) is 5.69 Å². The van der Waals surface area contributed by atoms with Gasteiger partial charge < -0.3 is 26.4 Å². The third kappa shape index (κ3) is 6.75. The Morgan fingerprint density at radius 2 is 1.84 bits per heavy atom. The van der Waals surface area contributed by atoms with Gasteiger partial charge in [0.05, 0.1) is 41.6 Å². The third-order valence-corrected chi connectivity index (χ3v) is 5.99. The molecule has 3 heterocycles. The van der Waals surface area contributed by atoms with Gasteiger partial charge >= 0.3 is 6.09 Å². The first-order valence-corrected chi connectivity index (χ1v) is 12.5. The molecule has 0 spiro atoms. The molecule has 0 aromatic carbocycles. The van der Waals surface area contributed by atoms with Crippen LogP contribution in [-0.4, -0.2) is 49.4 Å². The molecule has 2 atom stereocenters. The van der Waals surface area contributed by atoms with Gasteiger partial charge in [0, 0.05) is 12.2 Å². The van der Waals surface area contributed by atoms with Crippen LogP contribution >= 0.6 is 0 Å². The molecule has 12 heteroatoms. The zero-order chi connectivity index (χ0) is 27.4. The number of primary amides is 1. The highest BCUT2D eigenvalue weighted by Gasteiger charge is 2.30. The number of nitrogens with zero attached hydrogens (tertiary/aromatic N) is 4. The Morgan fingerprint density at radius 3 is 2.50 bits per heavy atom. The number of rotatable bonds is 7. The van der Waals surface area contributed by atoms with Crippen molar-refractivity contribution in [3.63, 3.8) is 0 Å². The van der Waals surface area contributed by atoms with E-state index in [9.17, 15) is 9.59 Å². The van der Waals surface area contributed by atoms with E-state index in [0.29, 0.717) is 24.2 Å². The number of hydrogen-bond donors (Lipinski definition) is 4. The highest BCUT2D eigenvalue weighted by Crippen LogP contribution is 2.28. The molecule has 1 fully saturated rings. The fraction of sp³-hybridized carbons (Fsp3) is 0.423. The van der Waals surface area contributed by atoms with Gasteiger partial charge in [0.2, 0.25) is 0 Å². The molecule has 4 rings (SSSR count). The minimum absolute atomic E-state index is 0.0628. The molecule has 1 aliphatic carbocycles. The van der Waals surface area contributed by atoms with Crippen LogP contribution in [0.4, 0.5) is 26.5 Å². The first-order chi connectivity index (χ1) is 18.0. The minimum atomic E-state index is -0.834. The molecule has 11 nitrogen and oxygen atoms in total. The summed E-state index contributed by atoms with van der Waals surface area (Å²) in [6, 6.07) is 2.24. The average Bonchev–Trinajstić information content (AvgIpc) is 3.27. The molecular weight excluding hydrogens is 491 g/mol. The standard InChI is InChI=1S/C26H33FN8O3/c1-15-11-30-35(14-15)17-9-16(12-29-13-17)31-23-18(22(28)36)10-19(27)24(34-23)32-20-7-5-6-8-21(20)33-25(37)38-26(2,3)4/h9-14,20-21H,5-8H2,1-4H3,(H2,28,36)(H,33,37)(H2,31,32,34)/t20-,21+/m1/s1. The summed E-state index contributed by atoms with van der Waals surface area (Å²) < 4.78 is 22.1. The molecule has 202 valence electrons. The Labute approximate surface area is 220 Å². The molecule has 3 aromatic heterocycles. The van der Waals surface area contributed by atoms with Crippen molar-refractivity contribution in [1.82, 2.24) is 25.1 Å². The number of ether oxygens (including phenoxy) is 1. The normalized spacial score (nSPS) is 17.5. The van der Waals surface area contributed by atoms with Crippen molar-refractivity contribution < 1.29 is 18.7 Å². The van der Waals surface area contributed by atoms with Gasteiger partial charge in [0.25, 0.3) is 5.91 Å². The summed E-state index contributed by atoms with van der Waals surface area (Å²) in [5.74, 6) is -1.55. The van der Waals surface area contributed by atoms with Crippen LogP contribution in [0.3, 0.4) is 0 Å². The maximum atomic E-state index is 15.1. The van der Waals surface area contributed by atoms with E-state index < -0.39 is 23.4 Å². The predicted molar refractivity (Wildman–Crippen MR) is 141 cm³/mol. The van der Waals surface area contributed by atoms with Gasteiger partial charge in [0.15, 0.2) is 11.6 Å². The van der Waals surface area contributed by atoms with Crippen molar-refractivity contribution in [3.05, 3.63) is 53.9 Å². The Bertz CT molecular complexity index is 1320. The number of alkyl carbamates (subject to hydrolysis) is 1. The second-order valence-electron chi connectivity index (χ2n) is 10.4. The summed E-state index contributed by atoms with van der Waals surface area (Å²) in [5, 5.41) is 13.3. The van der Waals surface area contributed by atoms with Gasteiger partial charge in [-0.3, -0.25) is 9.78 Å². The first-order valence-electron chi connectivity index (χ1n) is 12.5. The van der Waals surface area contributed by atoms with Crippen LogP contribution in [0.5, 0.6) is 0 Å². The van der Waals surface area contributed by atoms with E-state index in [1.807, 2.05) is 13.1 Å². The fourth-order valence-corrected chi connectivity index (χ4v) is 4.30. The van der Waals surface area contributed by atoms with Crippen molar-refractivity contribution in [1.29, 1.82) is 0 Å². The number of carbonyl (C=O) groups is 2. The first kappa shape index (κ1) is 26.8. The maximum Gasteiger partial charge on any atom is 0.407 e. The van der Waals surface area contributed by atoms with Gasteiger partial charge in [-0.05, 0) is 58.2 Å². The van der Waals surface area contributed by atoms with E-state index in [4.69, 9.17) is 10.5 Å². The van der Waals surface area contributed by atoms with Crippen LogP contribution in [0, 0.1) is 12.7 Å². The van der Waals surface area contributed by atoms with Crippen molar-refractivity contribution in [2.75, 3.05) is 10.6 Å². The predicted octanol–water partition coefficient (Wildman–Crippen LogP) is 4.20. The number of aryl methyl sites for hydroxylation is 1. The summed E-state index contributed by atoms with van der Waals surface area (Å²) in [5.41, 5.74) is 6.95. The number of aromatic nitrogens is 4. The Balaban J connectivity index is 1.58. The molecule has 0 radical (unpaired) electrons. The van der Waals surface area contributed by atoms with Crippen LogP contribution in [0.2, 0.25) is 0 Å². The molecule has 3 aromatic rings. The highest BCUT2D eigenvalue weighted by molar-refractivity contribution is 5.98. The van der Waals surface area contributed by atoms with E-state index in [1.165, 1.54) is 0 Å². The number of pyridine rings is 2. The van der Waals surface area contributed by atoms with Crippen molar-refractivity contribution in [3.8, 4) is 5.69 Å².